The van der Waals surface area contributed by atoms with Crippen LogP contribution in [0.2, 0.25) is 0 Å². The number of nitrogens with zero attached hydrogens (tertiary/aromatic N) is 1. The molecule has 2 aromatic carbocycles. The van der Waals surface area contributed by atoms with E-state index in [1.807, 2.05) is 13.0 Å². The van der Waals surface area contributed by atoms with E-state index in [2.05, 4.69) is 15.9 Å². The molecule has 0 spiro atoms. The third-order valence-corrected chi connectivity index (χ3v) is 6.11. The van der Waals surface area contributed by atoms with Crippen molar-refractivity contribution in [1.29, 1.82) is 0 Å². The molecule has 0 radical (unpaired) electrons. The summed E-state index contributed by atoms with van der Waals surface area (Å²) in [6.07, 6.45) is 0. The fourth-order valence-electron chi connectivity index (χ4n) is 2.40. The molecule has 0 aliphatic rings. The SMILES string of the molecule is CCN(c1cc(C)ccc1OC)S(=O)(=O)c1ccc(OC)c(Br)c1. The highest BCUT2D eigenvalue weighted by molar-refractivity contribution is 9.10. The second-order valence-electron chi connectivity index (χ2n) is 5.14. The van der Waals surface area contributed by atoms with Crippen molar-refractivity contribution in [2.24, 2.45) is 0 Å². The van der Waals surface area contributed by atoms with Crippen LogP contribution in [0.4, 0.5) is 5.69 Å². The predicted molar refractivity (Wildman–Crippen MR) is 98.6 cm³/mol. The standard InChI is InChI=1S/C17H20BrNO4S/c1-5-19(15-10-12(2)6-8-17(15)23-4)24(20,21)13-7-9-16(22-3)14(18)11-13/h6-11H,5H2,1-4H3. The van der Waals surface area contributed by atoms with Crippen LogP contribution in [0.5, 0.6) is 11.5 Å². The van der Waals surface area contributed by atoms with E-state index in [1.165, 1.54) is 24.6 Å². The summed E-state index contributed by atoms with van der Waals surface area (Å²) in [5, 5.41) is 0. The maximum Gasteiger partial charge on any atom is 0.264 e. The van der Waals surface area contributed by atoms with E-state index in [9.17, 15) is 8.42 Å². The van der Waals surface area contributed by atoms with Gasteiger partial charge in [0.25, 0.3) is 10.0 Å². The lowest BCUT2D eigenvalue weighted by Crippen LogP contribution is -2.31. The summed E-state index contributed by atoms with van der Waals surface area (Å²) in [7, 11) is -0.675. The van der Waals surface area contributed by atoms with Crippen LogP contribution in [0.1, 0.15) is 12.5 Å². The monoisotopic (exact) mass is 413 g/mol. The second-order valence-corrected chi connectivity index (χ2v) is 7.86. The molecule has 0 saturated carbocycles. The Kier molecular flexibility index (Phi) is 5.77. The number of sulfonamides is 1. The van der Waals surface area contributed by atoms with E-state index in [4.69, 9.17) is 9.47 Å². The maximum absolute atomic E-state index is 13.1. The topological polar surface area (TPSA) is 55.8 Å². The zero-order chi connectivity index (χ0) is 17.9. The minimum atomic E-state index is -3.73. The molecule has 0 aromatic heterocycles. The van der Waals surface area contributed by atoms with Crippen LogP contribution >= 0.6 is 15.9 Å². The van der Waals surface area contributed by atoms with Gasteiger partial charge >= 0.3 is 0 Å². The summed E-state index contributed by atoms with van der Waals surface area (Å²) in [6.45, 7) is 3.98. The zero-order valence-electron chi connectivity index (χ0n) is 14.0. The van der Waals surface area contributed by atoms with Gasteiger partial charge in [0.05, 0.1) is 29.3 Å². The molecular weight excluding hydrogens is 394 g/mol. The fraction of sp³-hybridized carbons (Fsp3) is 0.294. The molecule has 2 rings (SSSR count). The first-order valence-corrected chi connectivity index (χ1v) is 9.59. The van der Waals surface area contributed by atoms with Crippen LogP contribution in [0.25, 0.3) is 0 Å². The van der Waals surface area contributed by atoms with E-state index >= 15 is 0 Å². The number of ether oxygens (including phenoxy) is 2. The second kappa shape index (κ2) is 7.44. The summed E-state index contributed by atoms with van der Waals surface area (Å²) >= 11 is 3.33. The smallest absolute Gasteiger partial charge is 0.264 e. The van der Waals surface area contributed by atoms with Crippen molar-refractivity contribution >= 4 is 31.6 Å². The molecule has 24 heavy (non-hydrogen) atoms. The highest BCUT2D eigenvalue weighted by atomic mass is 79.9. The Labute approximate surface area is 151 Å². The largest absolute Gasteiger partial charge is 0.496 e. The average Bonchev–Trinajstić information content (AvgIpc) is 2.55. The Morgan fingerprint density at radius 2 is 1.67 bits per heavy atom. The Morgan fingerprint density at radius 3 is 2.21 bits per heavy atom. The number of halogens is 1. The van der Waals surface area contributed by atoms with E-state index in [-0.39, 0.29) is 11.4 Å². The van der Waals surface area contributed by atoms with Gasteiger partial charge in [-0.2, -0.15) is 0 Å². The van der Waals surface area contributed by atoms with E-state index < -0.39 is 10.0 Å². The molecule has 0 aliphatic heterocycles. The van der Waals surface area contributed by atoms with Gasteiger partial charge in [0.1, 0.15) is 11.5 Å². The molecule has 130 valence electrons. The summed E-state index contributed by atoms with van der Waals surface area (Å²) in [6, 6.07) is 10.2. The van der Waals surface area contributed by atoms with Gasteiger partial charge in [0.15, 0.2) is 0 Å². The van der Waals surface area contributed by atoms with Crippen molar-refractivity contribution in [3.63, 3.8) is 0 Å². The molecule has 0 amide bonds. The number of methoxy groups -OCH3 is 2. The van der Waals surface area contributed by atoms with Crippen molar-refractivity contribution in [1.82, 2.24) is 0 Å². The number of rotatable bonds is 6. The number of hydrogen-bond acceptors (Lipinski definition) is 4. The highest BCUT2D eigenvalue weighted by Gasteiger charge is 2.26. The Balaban J connectivity index is 2.57. The van der Waals surface area contributed by atoms with Crippen LogP contribution in [-0.4, -0.2) is 29.2 Å². The normalized spacial score (nSPS) is 11.2. The molecular formula is C17H20BrNO4S. The van der Waals surface area contributed by atoms with E-state index in [0.717, 1.165) is 5.56 Å². The van der Waals surface area contributed by atoms with Gasteiger partial charge in [-0.3, -0.25) is 4.31 Å². The van der Waals surface area contributed by atoms with Crippen molar-refractivity contribution < 1.29 is 17.9 Å². The van der Waals surface area contributed by atoms with Gasteiger partial charge < -0.3 is 9.47 Å². The first-order chi connectivity index (χ1) is 11.3. The van der Waals surface area contributed by atoms with Gasteiger partial charge in [-0.15, -0.1) is 0 Å². The van der Waals surface area contributed by atoms with Gasteiger partial charge in [0, 0.05) is 6.54 Å². The van der Waals surface area contributed by atoms with Crippen LogP contribution in [0, 0.1) is 6.92 Å². The molecule has 0 aliphatic carbocycles. The molecule has 0 N–H and O–H groups in total. The third-order valence-electron chi connectivity index (χ3n) is 3.60. The molecule has 0 unspecified atom stereocenters. The summed E-state index contributed by atoms with van der Waals surface area (Å²) in [4.78, 5) is 0.181. The lowest BCUT2D eigenvalue weighted by atomic mass is 10.2. The Hall–Kier alpha value is -1.73. The quantitative estimate of drug-likeness (QED) is 0.718. The molecule has 0 bridgehead atoms. The van der Waals surface area contributed by atoms with Crippen molar-refractivity contribution in [2.45, 2.75) is 18.7 Å². The molecule has 2 aromatic rings. The average molecular weight is 414 g/mol. The Morgan fingerprint density at radius 1 is 1.04 bits per heavy atom. The fourth-order valence-corrected chi connectivity index (χ4v) is 4.59. The van der Waals surface area contributed by atoms with Gasteiger partial charge in [-0.05, 0) is 65.7 Å². The summed E-state index contributed by atoms with van der Waals surface area (Å²) in [5.74, 6) is 1.09. The molecule has 0 heterocycles. The molecule has 5 nitrogen and oxygen atoms in total. The van der Waals surface area contributed by atoms with Crippen molar-refractivity contribution in [3.05, 3.63) is 46.4 Å². The first-order valence-electron chi connectivity index (χ1n) is 7.36. The van der Waals surface area contributed by atoms with Crippen LogP contribution in [0.15, 0.2) is 45.8 Å². The Bertz CT molecular complexity index is 836. The minimum absolute atomic E-state index is 0.181. The number of aryl methyl sites for hydroxylation is 1. The molecule has 0 atom stereocenters. The first kappa shape index (κ1) is 18.6. The van der Waals surface area contributed by atoms with Crippen LogP contribution < -0.4 is 13.8 Å². The maximum atomic E-state index is 13.1. The zero-order valence-corrected chi connectivity index (χ0v) is 16.4. The predicted octanol–water partition coefficient (Wildman–Crippen LogP) is 3.99. The van der Waals surface area contributed by atoms with Gasteiger partial charge in [-0.25, -0.2) is 8.42 Å². The summed E-state index contributed by atoms with van der Waals surface area (Å²) in [5.41, 5.74) is 1.47. The number of benzene rings is 2. The third kappa shape index (κ3) is 3.52. The molecule has 0 saturated heterocycles. The summed E-state index contributed by atoms with van der Waals surface area (Å²) < 4.78 is 38.6. The lowest BCUT2D eigenvalue weighted by molar-refractivity contribution is 0.411. The van der Waals surface area contributed by atoms with Gasteiger partial charge in [-0.1, -0.05) is 6.07 Å². The van der Waals surface area contributed by atoms with E-state index in [1.54, 1.807) is 31.2 Å². The number of hydrogen-bond donors (Lipinski definition) is 0. The molecule has 7 heteroatoms. The molecule has 0 fully saturated rings. The van der Waals surface area contributed by atoms with E-state index in [0.29, 0.717) is 21.7 Å². The van der Waals surface area contributed by atoms with Gasteiger partial charge in [0.2, 0.25) is 0 Å². The van der Waals surface area contributed by atoms with Crippen LogP contribution in [0.3, 0.4) is 0 Å². The lowest BCUT2D eigenvalue weighted by Gasteiger charge is -2.25. The number of anilines is 1. The van der Waals surface area contributed by atoms with Crippen LogP contribution in [-0.2, 0) is 10.0 Å². The minimum Gasteiger partial charge on any atom is -0.496 e. The van der Waals surface area contributed by atoms with Crippen molar-refractivity contribution in [3.8, 4) is 11.5 Å². The highest BCUT2D eigenvalue weighted by Crippen LogP contribution is 2.35. The van der Waals surface area contributed by atoms with Crippen molar-refractivity contribution in [2.75, 3.05) is 25.1 Å².